The highest BCUT2D eigenvalue weighted by Gasteiger charge is 2.22. The zero-order chi connectivity index (χ0) is 11.1. The highest BCUT2D eigenvalue weighted by molar-refractivity contribution is 6.31. The van der Waals surface area contributed by atoms with Gasteiger partial charge in [0.1, 0.15) is 5.52 Å². The molecule has 16 heavy (non-hydrogen) atoms. The van der Waals surface area contributed by atoms with Crippen LogP contribution in [0.4, 0.5) is 0 Å². The molecule has 1 saturated heterocycles. The summed E-state index contributed by atoms with van der Waals surface area (Å²) in [6, 6.07) is 4.03. The number of hydrogen-bond donors (Lipinski definition) is 1. The first-order valence-electron chi connectivity index (χ1n) is 5.54. The second-order valence-electron chi connectivity index (χ2n) is 4.27. The fourth-order valence-corrected chi connectivity index (χ4v) is 2.49. The third-order valence-corrected chi connectivity index (χ3v) is 3.23. The lowest BCUT2D eigenvalue weighted by atomic mass is 10.2. The van der Waals surface area contributed by atoms with E-state index in [1.54, 1.807) is 0 Å². The van der Waals surface area contributed by atoms with Crippen molar-refractivity contribution >= 4 is 22.7 Å². The van der Waals surface area contributed by atoms with Gasteiger partial charge in [0.15, 0.2) is 5.58 Å². The third kappa shape index (κ3) is 1.60. The molecule has 0 radical (unpaired) electrons. The Hall–Kier alpha value is -1.06. The maximum absolute atomic E-state index is 6.00. The summed E-state index contributed by atoms with van der Waals surface area (Å²) in [5, 5.41) is 4.09. The predicted octanol–water partition coefficient (Wildman–Crippen LogP) is 3.21. The molecule has 1 aromatic carbocycles. The van der Waals surface area contributed by atoms with Gasteiger partial charge in [0.25, 0.3) is 0 Å². The van der Waals surface area contributed by atoms with Gasteiger partial charge < -0.3 is 9.73 Å². The summed E-state index contributed by atoms with van der Waals surface area (Å²) in [5.74, 6) is 0.790. The molecular weight excluding hydrogens is 224 g/mol. The minimum Gasteiger partial charge on any atom is -0.439 e. The lowest BCUT2D eigenvalue weighted by Crippen LogP contribution is -2.12. The topological polar surface area (TPSA) is 38.1 Å². The van der Waals surface area contributed by atoms with Gasteiger partial charge in [-0.05, 0) is 44.0 Å². The Morgan fingerprint density at radius 2 is 2.38 bits per heavy atom. The van der Waals surface area contributed by atoms with Crippen molar-refractivity contribution in [3.63, 3.8) is 0 Å². The van der Waals surface area contributed by atoms with Gasteiger partial charge in [-0.25, -0.2) is 4.98 Å². The van der Waals surface area contributed by atoms with Crippen LogP contribution in [-0.2, 0) is 0 Å². The summed E-state index contributed by atoms with van der Waals surface area (Å²) in [6.07, 6.45) is 2.28. The molecule has 1 aliphatic heterocycles. The fourth-order valence-electron chi connectivity index (χ4n) is 2.22. The van der Waals surface area contributed by atoms with Crippen LogP contribution in [0.5, 0.6) is 0 Å². The number of rotatable bonds is 1. The maximum atomic E-state index is 6.00. The number of aryl methyl sites for hydroxylation is 1. The molecule has 0 spiro atoms. The zero-order valence-electron chi connectivity index (χ0n) is 9.09. The number of nitrogens with zero attached hydrogens (tertiary/aromatic N) is 1. The average molecular weight is 237 g/mol. The molecule has 1 fully saturated rings. The molecule has 2 aromatic rings. The van der Waals surface area contributed by atoms with Crippen LogP contribution in [0, 0.1) is 6.92 Å². The molecule has 1 aliphatic rings. The number of hydrogen-bond acceptors (Lipinski definition) is 3. The van der Waals surface area contributed by atoms with Crippen molar-refractivity contribution in [3.05, 3.63) is 28.6 Å². The molecule has 84 valence electrons. The number of halogens is 1. The van der Waals surface area contributed by atoms with Crippen molar-refractivity contribution in [2.45, 2.75) is 25.8 Å². The number of fused-ring (bicyclic) bond motifs is 1. The van der Waals surface area contributed by atoms with Crippen LogP contribution in [0.25, 0.3) is 11.1 Å². The SMILES string of the molecule is Cc1cc(Cl)cc2nc(C3CCCN3)oc12. The summed E-state index contributed by atoms with van der Waals surface area (Å²) >= 11 is 6.00. The number of nitrogens with one attached hydrogen (secondary N) is 1. The summed E-state index contributed by atoms with van der Waals surface area (Å²) < 4.78 is 5.81. The number of aromatic nitrogens is 1. The van der Waals surface area contributed by atoms with Crippen LogP contribution < -0.4 is 5.32 Å². The molecule has 2 heterocycles. The van der Waals surface area contributed by atoms with E-state index in [4.69, 9.17) is 16.0 Å². The van der Waals surface area contributed by atoms with Gasteiger partial charge in [0, 0.05) is 5.02 Å². The molecule has 0 bridgehead atoms. The van der Waals surface area contributed by atoms with Gasteiger partial charge in [-0.1, -0.05) is 11.6 Å². The first-order chi connectivity index (χ1) is 7.74. The van der Waals surface area contributed by atoms with Crippen LogP contribution in [0.1, 0.15) is 30.3 Å². The van der Waals surface area contributed by atoms with E-state index >= 15 is 0 Å². The molecular formula is C12H13ClN2O. The number of oxazole rings is 1. The minimum absolute atomic E-state index is 0.269. The summed E-state index contributed by atoms with van der Waals surface area (Å²) in [4.78, 5) is 4.50. The highest BCUT2D eigenvalue weighted by atomic mass is 35.5. The van der Waals surface area contributed by atoms with Crippen molar-refractivity contribution in [1.82, 2.24) is 10.3 Å². The summed E-state index contributed by atoms with van der Waals surface area (Å²) in [6.45, 7) is 3.04. The van der Waals surface area contributed by atoms with Crippen LogP contribution in [0.15, 0.2) is 16.5 Å². The van der Waals surface area contributed by atoms with Crippen LogP contribution in [0.2, 0.25) is 5.02 Å². The lowest BCUT2D eigenvalue weighted by Gasteiger charge is -2.02. The highest BCUT2D eigenvalue weighted by Crippen LogP contribution is 2.29. The first-order valence-corrected chi connectivity index (χ1v) is 5.92. The Kier molecular flexibility index (Phi) is 2.37. The van der Waals surface area contributed by atoms with Crippen molar-refractivity contribution in [2.24, 2.45) is 0 Å². The predicted molar refractivity (Wildman–Crippen MR) is 63.7 cm³/mol. The molecule has 3 nitrogen and oxygen atoms in total. The van der Waals surface area contributed by atoms with Gasteiger partial charge in [-0.3, -0.25) is 0 Å². The second-order valence-corrected chi connectivity index (χ2v) is 4.71. The molecule has 1 aromatic heterocycles. The van der Waals surface area contributed by atoms with Gasteiger partial charge in [0.05, 0.1) is 6.04 Å². The Bertz CT molecular complexity index is 529. The van der Waals surface area contributed by atoms with Gasteiger partial charge in [-0.2, -0.15) is 0 Å². The molecule has 1 unspecified atom stereocenters. The Balaban J connectivity index is 2.11. The van der Waals surface area contributed by atoms with E-state index in [0.717, 1.165) is 35.5 Å². The average Bonchev–Trinajstić information content (AvgIpc) is 2.82. The van der Waals surface area contributed by atoms with E-state index in [-0.39, 0.29) is 6.04 Å². The molecule has 3 rings (SSSR count). The zero-order valence-corrected chi connectivity index (χ0v) is 9.84. The lowest BCUT2D eigenvalue weighted by molar-refractivity contribution is 0.451. The van der Waals surface area contributed by atoms with Crippen molar-refractivity contribution < 1.29 is 4.42 Å². The molecule has 0 aliphatic carbocycles. The van der Waals surface area contributed by atoms with Crippen molar-refractivity contribution in [2.75, 3.05) is 6.54 Å². The first kappa shape index (κ1) is 10.1. The van der Waals surface area contributed by atoms with E-state index in [0.29, 0.717) is 5.02 Å². The third-order valence-electron chi connectivity index (χ3n) is 3.02. The van der Waals surface area contributed by atoms with E-state index in [1.807, 2.05) is 19.1 Å². The standard InChI is InChI=1S/C12H13ClN2O/c1-7-5-8(13)6-10-11(7)16-12(15-10)9-3-2-4-14-9/h5-6,9,14H,2-4H2,1H3. The molecule has 0 saturated carbocycles. The molecule has 1 atom stereocenters. The number of benzene rings is 1. The Morgan fingerprint density at radius 1 is 1.50 bits per heavy atom. The molecule has 0 amide bonds. The normalized spacial score (nSPS) is 20.8. The minimum atomic E-state index is 0.269. The summed E-state index contributed by atoms with van der Waals surface area (Å²) in [5.41, 5.74) is 2.75. The molecule has 4 heteroatoms. The molecule has 1 N–H and O–H groups in total. The van der Waals surface area contributed by atoms with E-state index in [2.05, 4.69) is 10.3 Å². The monoisotopic (exact) mass is 236 g/mol. The van der Waals surface area contributed by atoms with Crippen molar-refractivity contribution in [3.8, 4) is 0 Å². The van der Waals surface area contributed by atoms with Gasteiger partial charge in [-0.15, -0.1) is 0 Å². The smallest absolute Gasteiger partial charge is 0.212 e. The maximum Gasteiger partial charge on any atom is 0.212 e. The Labute approximate surface area is 98.8 Å². The van der Waals surface area contributed by atoms with Crippen LogP contribution in [-0.4, -0.2) is 11.5 Å². The quantitative estimate of drug-likeness (QED) is 0.826. The fraction of sp³-hybridized carbons (Fsp3) is 0.417. The van der Waals surface area contributed by atoms with Crippen LogP contribution in [0.3, 0.4) is 0 Å². The second kappa shape index (κ2) is 3.75. The largest absolute Gasteiger partial charge is 0.439 e. The van der Waals surface area contributed by atoms with Gasteiger partial charge in [0.2, 0.25) is 5.89 Å². The van der Waals surface area contributed by atoms with Crippen LogP contribution >= 0.6 is 11.6 Å². The van der Waals surface area contributed by atoms with Gasteiger partial charge >= 0.3 is 0 Å². The van der Waals surface area contributed by atoms with Crippen molar-refractivity contribution in [1.29, 1.82) is 0 Å². The Morgan fingerprint density at radius 3 is 3.12 bits per heavy atom. The van der Waals surface area contributed by atoms with E-state index in [9.17, 15) is 0 Å². The van der Waals surface area contributed by atoms with E-state index < -0.39 is 0 Å². The van der Waals surface area contributed by atoms with E-state index in [1.165, 1.54) is 6.42 Å². The summed E-state index contributed by atoms with van der Waals surface area (Å²) in [7, 11) is 0.